The number of anilines is 4. The molecule has 2 aromatic heterocycles. The number of carbonyl (C=O) groups excluding carboxylic acids is 1. The van der Waals surface area contributed by atoms with E-state index in [4.69, 9.17) is 21.1 Å². The fourth-order valence-electron chi connectivity index (χ4n) is 5.46. The third kappa shape index (κ3) is 4.39. The molecule has 1 amide bonds. The van der Waals surface area contributed by atoms with Gasteiger partial charge in [0.1, 0.15) is 12.2 Å². The van der Waals surface area contributed by atoms with Crippen molar-refractivity contribution in [1.82, 2.24) is 24.5 Å². The van der Waals surface area contributed by atoms with Crippen molar-refractivity contribution in [1.29, 1.82) is 10.5 Å². The van der Waals surface area contributed by atoms with E-state index < -0.39 is 0 Å². The van der Waals surface area contributed by atoms with E-state index in [-0.39, 0.29) is 35.9 Å². The molecule has 1 unspecified atom stereocenters. The average Bonchev–Trinajstić information content (AvgIpc) is 3.67. The van der Waals surface area contributed by atoms with Gasteiger partial charge in [-0.25, -0.2) is 9.78 Å². The van der Waals surface area contributed by atoms with Crippen LogP contribution in [0, 0.1) is 22.7 Å². The molecule has 3 saturated heterocycles. The SMILES string of the molecule is CCNc1nc(Nc2cc(C#N)cc(N3CCC4[C@@H](C3)OC(=O)N4[C@H]3CCOC3)c2Cl)nn2c(C#N)cnc12. The van der Waals surface area contributed by atoms with Crippen molar-refractivity contribution in [2.75, 3.05) is 48.4 Å². The Labute approximate surface area is 228 Å². The van der Waals surface area contributed by atoms with Crippen LogP contribution in [-0.2, 0) is 9.47 Å². The molecule has 0 saturated carbocycles. The van der Waals surface area contributed by atoms with E-state index >= 15 is 0 Å². The molecule has 14 heteroatoms. The summed E-state index contributed by atoms with van der Waals surface area (Å²) in [5.74, 6) is 0.625. The number of hydrogen-bond donors (Lipinski definition) is 2. The molecule has 3 fully saturated rings. The molecule has 5 heterocycles. The molecule has 3 atom stereocenters. The van der Waals surface area contributed by atoms with E-state index in [1.165, 1.54) is 10.7 Å². The van der Waals surface area contributed by atoms with Gasteiger partial charge in [-0.2, -0.15) is 20.0 Å². The zero-order valence-electron chi connectivity index (χ0n) is 21.1. The average molecular weight is 549 g/mol. The van der Waals surface area contributed by atoms with Gasteiger partial charge in [0.15, 0.2) is 17.2 Å². The van der Waals surface area contributed by atoms with E-state index in [1.807, 2.05) is 16.7 Å². The Morgan fingerprint density at radius 2 is 2.13 bits per heavy atom. The highest BCUT2D eigenvalue weighted by Crippen LogP contribution is 2.39. The normalized spacial score (nSPS) is 22.4. The van der Waals surface area contributed by atoms with Crippen molar-refractivity contribution in [3.8, 4) is 12.1 Å². The molecule has 1 aromatic carbocycles. The second-order valence-corrected chi connectivity index (χ2v) is 9.93. The summed E-state index contributed by atoms with van der Waals surface area (Å²) in [4.78, 5) is 25.3. The minimum atomic E-state index is -0.316. The summed E-state index contributed by atoms with van der Waals surface area (Å²) in [7, 11) is 0. The van der Waals surface area contributed by atoms with Crippen molar-refractivity contribution in [2.45, 2.75) is 38.0 Å². The number of benzene rings is 1. The van der Waals surface area contributed by atoms with Gasteiger partial charge in [0.2, 0.25) is 5.95 Å². The highest BCUT2D eigenvalue weighted by Gasteiger charge is 2.48. The van der Waals surface area contributed by atoms with Gasteiger partial charge < -0.3 is 25.0 Å². The third-order valence-corrected chi connectivity index (χ3v) is 7.63. The summed E-state index contributed by atoms with van der Waals surface area (Å²) < 4.78 is 12.7. The molecule has 0 bridgehead atoms. The summed E-state index contributed by atoms with van der Waals surface area (Å²) in [5.41, 5.74) is 2.13. The lowest BCUT2D eigenvalue weighted by molar-refractivity contribution is 0.124. The fraction of sp³-hybridized carbons (Fsp3) is 0.440. The van der Waals surface area contributed by atoms with Crippen LogP contribution in [0.1, 0.15) is 31.0 Å². The lowest BCUT2D eigenvalue weighted by Gasteiger charge is -2.38. The van der Waals surface area contributed by atoms with Crippen LogP contribution in [0.3, 0.4) is 0 Å². The molecule has 39 heavy (non-hydrogen) atoms. The number of imidazole rings is 1. The Balaban J connectivity index is 1.30. The van der Waals surface area contributed by atoms with Crippen molar-refractivity contribution in [3.05, 3.63) is 34.6 Å². The van der Waals surface area contributed by atoms with E-state index in [9.17, 15) is 15.3 Å². The van der Waals surface area contributed by atoms with E-state index in [0.717, 1.165) is 6.42 Å². The number of rotatable bonds is 6. The molecule has 3 aliphatic heterocycles. The van der Waals surface area contributed by atoms with Crippen LogP contribution in [-0.4, -0.2) is 81.6 Å². The minimum Gasteiger partial charge on any atom is -0.442 e. The maximum Gasteiger partial charge on any atom is 0.410 e. The Kier molecular flexibility index (Phi) is 6.46. The van der Waals surface area contributed by atoms with Gasteiger partial charge in [-0.05, 0) is 31.9 Å². The molecule has 3 aromatic rings. The number of nitrogens with zero attached hydrogens (tertiary/aromatic N) is 8. The number of nitriles is 2. The molecule has 13 nitrogen and oxygen atoms in total. The van der Waals surface area contributed by atoms with Crippen LogP contribution in [0.25, 0.3) is 5.65 Å². The predicted octanol–water partition coefficient (Wildman–Crippen LogP) is 2.88. The topological polar surface area (TPSA) is 157 Å². The Morgan fingerprint density at radius 3 is 2.87 bits per heavy atom. The van der Waals surface area contributed by atoms with Gasteiger partial charge in [0.05, 0.1) is 59.5 Å². The molecule has 0 spiro atoms. The highest BCUT2D eigenvalue weighted by atomic mass is 35.5. The molecular weight excluding hydrogens is 524 g/mol. The summed E-state index contributed by atoms with van der Waals surface area (Å²) in [6.45, 7) is 4.76. The Bertz CT molecular complexity index is 1520. The smallest absolute Gasteiger partial charge is 0.410 e. The number of nitrogens with one attached hydrogen (secondary N) is 2. The predicted molar refractivity (Wildman–Crippen MR) is 141 cm³/mol. The molecule has 0 aliphatic carbocycles. The standard InChI is InChI=1S/C25H25ClN10O3/c1-2-29-22-23-30-11-16(10-28)36(23)33-24(32-22)31-17-7-14(9-27)8-19(21(17)26)34-5-3-18-20(12-34)39-25(37)35(18)15-4-6-38-13-15/h7-8,11,15,18,20H,2-6,12-13H2,1H3,(H2,29,31,32,33)/t15-,18?,20+/m0/s1. The number of fused-ring (bicyclic) bond motifs is 2. The summed E-state index contributed by atoms with van der Waals surface area (Å²) in [6.07, 6.45) is 2.32. The van der Waals surface area contributed by atoms with Crippen molar-refractivity contribution in [2.24, 2.45) is 0 Å². The van der Waals surface area contributed by atoms with Crippen LogP contribution in [0.2, 0.25) is 5.02 Å². The van der Waals surface area contributed by atoms with Crippen LogP contribution >= 0.6 is 11.6 Å². The van der Waals surface area contributed by atoms with Crippen LogP contribution in [0.5, 0.6) is 0 Å². The van der Waals surface area contributed by atoms with Gasteiger partial charge >= 0.3 is 6.09 Å². The fourth-order valence-corrected chi connectivity index (χ4v) is 5.73. The van der Waals surface area contributed by atoms with Gasteiger partial charge in [-0.1, -0.05) is 11.6 Å². The number of aromatic nitrogens is 4. The van der Waals surface area contributed by atoms with Gasteiger partial charge in [0.25, 0.3) is 0 Å². The quantitative estimate of drug-likeness (QED) is 0.466. The number of hydrogen-bond acceptors (Lipinski definition) is 11. The van der Waals surface area contributed by atoms with E-state index in [0.29, 0.717) is 72.7 Å². The number of halogens is 1. The molecular formula is C25H25ClN10O3. The largest absolute Gasteiger partial charge is 0.442 e. The first-order chi connectivity index (χ1) is 19.0. The Morgan fingerprint density at radius 1 is 1.26 bits per heavy atom. The first kappa shape index (κ1) is 25.0. The minimum absolute atomic E-state index is 0.0231. The van der Waals surface area contributed by atoms with Crippen molar-refractivity contribution >= 4 is 46.5 Å². The second-order valence-electron chi connectivity index (χ2n) is 9.55. The van der Waals surface area contributed by atoms with Crippen molar-refractivity contribution < 1.29 is 14.3 Å². The molecule has 0 radical (unpaired) electrons. The summed E-state index contributed by atoms with van der Waals surface area (Å²) >= 11 is 6.89. The summed E-state index contributed by atoms with van der Waals surface area (Å²) in [6, 6.07) is 7.62. The Hall–Kier alpha value is -4.33. The molecule has 2 N–H and O–H groups in total. The van der Waals surface area contributed by atoms with Crippen LogP contribution < -0.4 is 15.5 Å². The first-order valence-electron chi connectivity index (χ1n) is 12.7. The molecule has 3 aliphatic rings. The molecule has 6 rings (SSSR count). The van der Waals surface area contributed by atoms with Crippen LogP contribution in [0.15, 0.2) is 18.3 Å². The first-order valence-corrected chi connectivity index (χ1v) is 13.1. The zero-order chi connectivity index (χ0) is 27.1. The van der Waals surface area contributed by atoms with Gasteiger partial charge in [0, 0.05) is 19.7 Å². The number of ether oxygens (including phenoxy) is 2. The highest BCUT2D eigenvalue weighted by molar-refractivity contribution is 6.36. The van der Waals surface area contributed by atoms with E-state index in [1.54, 1.807) is 12.1 Å². The third-order valence-electron chi connectivity index (χ3n) is 7.23. The van der Waals surface area contributed by atoms with Gasteiger partial charge in [-0.3, -0.25) is 4.90 Å². The maximum absolute atomic E-state index is 12.7. The number of carbonyl (C=O) groups is 1. The monoisotopic (exact) mass is 548 g/mol. The zero-order valence-corrected chi connectivity index (χ0v) is 21.9. The second kappa shape index (κ2) is 10.1. The van der Waals surface area contributed by atoms with Crippen LogP contribution in [0.4, 0.5) is 27.9 Å². The van der Waals surface area contributed by atoms with Gasteiger partial charge in [-0.15, -0.1) is 5.10 Å². The lowest BCUT2D eigenvalue weighted by Crippen LogP contribution is -2.52. The maximum atomic E-state index is 12.7. The summed E-state index contributed by atoms with van der Waals surface area (Å²) in [5, 5.41) is 30.3. The van der Waals surface area contributed by atoms with Crippen molar-refractivity contribution in [3.63, 3.8) is 0 Å². The number of piperidine rings is 1. The molecule has 200 valence electrons. The number of amides is 1. The lowest BCUT2D eigenvalue weighted by atomic mass is 9.98. The van der Waals surface area contributed by atoms with E-state index in [2.05, 4.69) is 37.8 Å².